The molecule has 2 aromatic carbocycles. The molecule has 0 aliphatic rings. The van der Waals surface area contributed by atoms with E-state index in [1.54, 1.807) is 0 Å². The number of carbonyl (C=O) groups is 1. The van der Waals surface area contributed by atoms with Crippen LogP contribution in [-0.4, -0.2) is 26.9 Å². The summed E-state index contributed by atoms with van der Waals surface area (Å²) in [6.45, 7) is 0. The van der Waals surface area contributed by atoms with Gasteiger partial charge in [0.05, 0.1) is 32.6 Å². The van der Waals surface area contributed by atoms with Crippen LogP contribution in [0.5, 0.6) is 0 Å². The molecule has 0 fully saturated rings. The standard InChI is InChI=1S/C14H9N5O7/c20-14(10-5-12(18(23)24)7-13(6-10)19(25)26)16-15-8-9-2-1-3-11(4-9)17(21)22/h1-8H,(H,16,20)/b15-8-. The Morgan fingerprint density at radius 2 is 1.46 bits per heavy atom. The van der Waals surface area contributed by atoms with E-state index < -0.39 is 32.1 Å². The van der Waals surface area contributed by atoms with E-state index in [1.165, 1.54) is 24.3 Å². The van der Waals surface area contributed by atoms with Crippen LogP contribution in [0.4, 0.5) is 17.1 Å². The number of hydrogen-bond acceptors (Lipinski definition) is 8. The van der Waals surface area contributed by atoms with Crippen molar-refractivity contribution in [1.29, 1.82) is 0 Å². The quantitative estimate of drug-likeness (QED) is 0.467. The molecule has 0 saturated carbocycles. The summed E-state index contributed by atoms with van der Waals surface area (Å²) in [7, 11) is 0. The van der Waals surface area contributed by atoms with E-state index in [0.717, 1.165) is 24.4 Å². The average molecular weight is 359 g/mol. The van der Waals surface area contributed by atoms with Crippen LogP contribution in [0.25, 0.3) is 0 Å². The Bertz CT molecular complexity index is 909. The first-order valence-corrected chi connectivity index (χ1v) is 6.79. The second kappa shape index (κ2) is 7.57. The highest BCUT2D eigenvalue weighted by Crippen LogP contribution is 2.22. The lowest BCUT2D eigenvalue weighted by Gasteiger charge is -2.01. The zero-order valence-electron chi connectivity index (χ0n) is 12.8. The predicted octanol–water partition coefficient (Wildman–Crippen LogP) is 2.18. The molecular weight excluding hydrogens is 350 g/mol. The van der Waals surface area contributed by atoms with Crippen LogP contribution in [0.1, 0.15) is 15.9 Å². The van der Waals surface area contributed by atoms with Gasteiger partial charge in [-0.2, -0.15) is 5.10 Å². The number of benzene rings is 2. The topological polar surface area (TPSA) is 171 Å². The minimum absolute atomic E-state index is 0.172. The number of hydrazone groups is 1. The number of hydrogen-bond donors (Lipinski definition) is 1. The molecule has 1 amide bonds. The summed E-state index contributed by atoms with van der Waals surface area (Å²) in [5.41, 5.74) is 0.627. The zero-order chi connectivity index (χ0) is 19.3. The van der Waals surface area contributed by atoms with Gasteiger partial charge in [-0.05, 0) is 0 Å². The third-order valence-electron chi connectivity index (χ3n) is 3.05. The lowest BCUT2D eigenvalue weighted by atomic mass is 10.1. The largest absolute Gasteiger partial charge is 0.277 e. The number of rotatable bonds is 6. The number of nitrogens with zero attached hydrogens (tertiary/aromatic N) is 4. The van der Waals surface area contributed by atoms with Crippen LogP contribution < -0.4 is 5.43 Å². The molecule has 2 aromatic rings. The molecule has 0 aliphatic carbocycles. The van der Waals surface area contributed by atoms with Gasteiger partial charge in [-0.1, -0.05) is 12.1 Å². The molecular formula is C14H9N5O7. The van der Waals surface area contributed by atoms with Crippen LogP contribution >= 0.6 is 0 Å². The molecule has 12 nitrogen and oxygen atoms in total. The summed E-state index contributed by atoms with van der Waals surface area (Å²) in [6.07, 6.45) is 1.12. The Balaban J connectivity index is 2.19. The first kappa shape index (κ1) is 18.1. The monoisotopic (exact) mass is 359 g/mol. The van der Waals surface area contributed by atoms with Gasteiger partial charge in [0.15, 0.2) is 0 Å². The zero-order valence-corrected chi connectivity index (χ0v) is 12.8. The van der Waals surface area contributed by atoms with Gasteiger partial charge in [0.25, 0.3) is 23.0 Å². The van der Waals surface area contributed by atoms with E-state index in [9.17, 15) is 35.1 Å². The fourth-order valence-corrected chi connectivity index (χ4v) is 1.89. The molecule has 0 saturated heterocycles. The van der Waals surface area contributed by atoms with Crippen molar-refractivity contribution in [1.82, 2.24) is 5.43 Å². The molecule has 1 N–H and O–H groups in total. The summed E-state index contributed by atoms with van der Waals surface area (Å²) in [4.78, 5) is 41.9. The molecule has 12 heteroatoms. The average Bonchev–Trinajstić information content (AvgIpc) is 2.61. The maximum atomic E-state index is 12.0. The number of non-ortho nitro benzene ring substituents is 3. The second-order valence-corrected chi connectivity index (χ2v) is 4.80. The summed E-state index contributed by atoms with van der Waals surface area (Å²) >= 11 is 0. The fraction of sp³-hybridized carbons (Fsp3) is 0. The van der Waals surface area contributed by atoms with Gasteiger partial charge in [-0.15, -0.1) is 0 Å². The maximum absolute atomic E-state index is 12.0. The van der Waals surface area contributed by atoms with E-state index >= 15 is 0 Å². The smallest absolute Gasteiger partial charge is 0.267 e. The van der Waals surface area contributed by atoms with Crippen LogP contribution in [-0.2, 0) is 0 Å². The van der Waals surface area contributed by atoms with E-state index in [0.29, 0.717) is 5.56 Å². The number of nitrogens with one attached hydrogen (secondary N) is 1. The van der Waals surface area contributed by atoms with E-state index in [4.69, 9.17) is 0 Å². The van der Waals surface area contributed by atoms with Gasteiger partial charge < -0.3 is 0 Å². The van der Waals surface area contributed by atoms with Crippen LogP contribution in [0, 0.1) is 30.3 Å². The van der Waals surface area contributed by atoms with Gasteiger partial charge in [0, 0.05) is 29.8 Å². The third-order valence-corrected chi connectivity index (χ3v) is 3.05. The summed E-state index contributed by atoms with van der Waals surface area (Å²) < 4.78 is 0. The number of carbonyl (C=O) groups excluding carboxylic acids is 1. The highest BCUT2D eigenvalue weighted by atomic mass is 16.6. The molecule has 0 radical (unpaired) electrons. The Morgan fingerprint density at radius 1 is 0.885 bits per heavy atom. The van der Waals surface area contributed by atoms with Crippen LogP contribution in [0.15, 0.2) is 47.6 Å². The summed E-state index contributed by atoms with van der Waals surface area (Å²) in [6, 6.07) is 7.87. The molecule has 0 aliphatic heterocycles. The Morgan fingerprint density at radius 3 is 2.00 bits per heavy atom. The van der Waals surface area contributed by atoms with Crippen molar-refractivity contribution in [2.24, 2.45) is 5.10 Å². The minimum atomic E-state index is -0.918. The van der Waals surface area contributed by atoms with Gasteiger partial charge in [-0.3, -0.25) is 35.1 Å². The third kappa shape index (κ3) is 4.41. The van der Waals surface area contributed by atoms with E-state index in [1.807, 2.05) is 5.43 Å². The number of nitro groups is 3. The number of amides is 1. The fourth-order valence-electron chi connectivity index (χ4n) is 1.89. The van der Waals surface area contributed by atoms with Crippen molar-refractivity contribution in [3.8, 4) is 0 Å². The molecule has 0 bridgehead atoms. The Hall–Kier alpha value is -4.22. The first-order chi connectivity index (χ1) is 12.3. The van der Waals surface area contributed by atoms with Crippen molar-refractivity contribution in [2.75, 3.05) is 0 Å². The molecule has 2 rings (SSSR count). The highest BCUT2D eigenvalue weighted by molar-refractivity contribution is 5.96. The van der Waals surface area contributed by atoms with Crippen molar-refractivity contribution >= 4 is 29.2 Å². The van der Waals surface area contributed by atoms with Crippen molar-refractivity contribution in [2.45, 2.75) is 0 Å². The molecule has 0 unspecified atom stereocenters. The Kier molecular flexibility index (Phi) is 5.27. The van der Waals surface area contributed by atoms with E-state index in [2.05, 4.69) is 5.10 Å². The Labute approximate surface area is 144 Å². The van der Waals surface area contributed by atoms with Gasteiger partial charge in [-0.25, -0.2) is 5.43 Å². The number of nitro benzene ring substituents is 3. The maximum Gasteiger partial charge on any atom is 0.277 e. The van der Waals surface area contributed by atoms with Gasteiger partial charge >= 0.3 is 0 Å². The SMILES string of the molecule is O=C(N/N=C\c1cccc([N+](=O)[O-])c1)c1cc([N+](=O)[O-])cc([N+](=O)[O-])c1. The van der Waals surface area contributed by atoms with Gasteiger partial charge in [0.1, 0.15) is 0 Å². The lowest BCUT2D eigenvalue weighted by molar-refractivity contribution is -0.394. The predicted molar refractivity (Wildman–Crippen MR) is 87.9 cm³/mol. The first-order valence-electron chi connectivity index (χ1n) is 6.79. The molecule has 26 heavy (non-hydrogen) atoms. The van der Waals surface area contributed by atoms with Crippen LogP contribution in [0.3, 0.4) is 0 Å². The van der Waals surface area contributed by atoms with Crippen molar-refractivity contribution in [3.05, 3.63) is 83.9 Å². The minimum Gasteiger partial charge on any atom is -0.267 e. The van der Waals surface area contributed by atoms with Crippen molar-refractivity contribution in [3.63, 3.8) is 0 Å². The van der Waals surface area contributed by atoms with E-state index in [-0.39, 0.29) is 11.3 Å². The molecule has 0 spiro atoms. The van der Waals surface area contributed by atoms with Crippen molar-refractivity contribution < 1.29 is 19.6 Å². The summed E-state index contributed by atoms with van der Waals surface area (Å²) in [5.74, 6) is -0.918. The molecule has 132 valence electrons. The highest BCUT2D eigenvalue weighted by Gasteiger charge is 2.19. The molecule has 0 atom stereocenters. The normalized spacial score (nSPS) is 10.5. The van der Waals surface area contributed by atoms with Gasteiger partial charge in [0.2, 0.25) is 0 Å². The molecule has 0 aromatic heterocycles. The molecule has 0 heterocycles. The second-order valence-electron chi connectivity index (χ2n) is 4.80. The van der Waals surface area contributed by atoms with Crippen LogP contribution in [0.2, 0.25) is 0 Å². The summed E-state index contributed by atoms with van der Waals surface area (Å²) in [5, 5.41) is 35.9. The lowest BCUT2D eigenvalue weighted by Crippen LogP contribution is -2.18.